The van der Waals surface area contributed by atoms with Gasteiger partial charge >= 0.3 is 5.97 Å². The lowest BCUT2D eigenvalue weighted by Gasteiger charge is -2.39. The van der Waals surface area contributed by atoms with E-state index < -0.39 is 16.0 Å². The molecule has 1 N–H and O–H groups in total. The van der Waals surface area contributed by atoms with Gasteiger partial charge in [-0.05, 0) is 19.1 Å². The molecule has 8 nitrogen and oxygen atoms in total. The van der Waals surface area contributed by atoms with Gasteiger partial charge in [-0.3, -0.25) is 4.90 Å². The summed E-state index contributed by atoms with van der Waals surface area (Å²) in [5.74, 6) is -0.567. The van der Waals surface area contributed by atoms with Crippen LogP contribution >= 0.6 is 0 Å². The van der Waals surface area contributed by atoms with E-state index in [1.54, 1.807) is 6.92 Å². The summed E-state index contributed by atoms with van der Waals surface area (Å²) in [5.41, 5.74) is 1.21. The van der Waals surface area contributed by atoms with Gasteiger partial charge in [0.1, 0.15) is 10.7 Å². The summed E-state index contributed by atoms with van der Waals surface area (Å²) < 4.78 is 38.3. The zero-order valence-corrected chi connectivity index (χ0v) is 18.4. The number of anilines is 1. The molecule has 0 unspecified atom stereocenters. The molecule has 3 rings (SSSR count). The quantitative estimate of drug-likeness (QED) is 0.635. The largest absolute Gasteiger partial charge is 0.463 e. The first-order valence-corrected chi connectivity index (χ1v) is 11.6. The Balaban J connectivity index is 1.58. The summed E-state index contributed by atoms with van der Waals surface area (Å²) in [4.78, 5) is 16.3. The molecule has 0 amide bonds. The molecule has 0 radical (unpaired) electrons. The van der Waals surface area contributed by atoms with E-state index in [-0.39, 0.29) is 29.0 Å². The molecule has 164 valence electrons. The Kier molecular flexibility index (Phi) is 7.17. The van der Waals surface area contributed by atoms with Gasteiger partial charge < -0.3 is 14.1 Å². The number of benzene rings is 1. The van der Waals surface area contributed by atoms with E-state index in [1.807, 2.05) is 25.1 Å². The number of hydrogen-bond donors (Lipinski definition) is 1. The third-order valence-corrected chi connectivity index (χ3v) is 6.87. The molecule has 1 aliphatic heterocycles. The molecule has 1 aromatic heterocycles. The van der Waals surface area contributed by atoms with Gasteiger partial charge in [0.2, 0.25) is 15.8 Å². The number of nitrogens with one attached hydrogen (secondary N) is 1. The highest BCUT2D eigenvalue weighted by atomic mass is 32.2. The number of rotatable bonds is 8. The number of ether oxygens (including phenoxy) is 1. The first kappa shape index (κ1) is 22.3. The van der Waals surface area contributed by atoms with Crippen molar-refractivity contribution < 1.29 is 22.4 Å². The second kappa shape index (κ2) is 9.63. The highest BCUT2D eigenvalue weighted by Gasteiger charge is 2.27. The molecule has 1 fully saturated rings. The summed E-state index contributed by atoms with van der Waals surface area (Å²) >= 11 is 0. The number of carbonyl (C=O) groups is 1. The summed E-state index contributed by atoms with van der Waals surface area (Å²) in [7, 11) is -2.58. The smallest absolute Gasteiger partial charge is 0.373 e. The molecule has 2 aromatic rings. The third kappa shape index (κ3) is 5.03. The number of furan rings is 1. The molecule has 0 saturated carbocycles. The molecule has 1 aliphatic rings. The van der Waals surface area contributed by atoms with Crippen molar-refractivity contribution in [3.05, 3.63) is 47.9 Å². The third-order valence-electron chi connectivity index (χ3n) is 5.40. The molecule has 9 heteroatoms. The van der Waals surface area contributed by atoms with Crippen LogP contribution in [0.25, 0.3) is 0 Å². The van der Waals surface area contributed by atoms with Gasteiger partial charge in [-0.1, -0.05) is 25.1 Å². The average molecular weight is 436 g/mol. The predicted octanol–water partition coefficient (Wildman–Crippen LogP) is 2.12. The van der Waals surface area contributed by atoms with Crippen LogP contribution in [0.3, 0.4) is 0 Å². The van der Waals surface area contributed by atoms with Crippen LogP contribution < -0.4 is 9.62 Å². The minimum absolute atomic E-state index is 0.00787. The number of para-hydroxylation sites is 1. The van der Waals surface area contributed by atoms with E-state index in [9.17, 15) is 13.2 Å². The number of aryl methyl sites for hydroxylation is 1. The van der Waals surface area contributed by atoms with Crippen molar-refractivity contribution in [1.82, 2.24) is 9.62 Å². The molecular weight excluding hydrogens is 406 g/mol. The monoisotopic (exact) mass is 435 g/mol. The number of sulfonamides is 1. The van der Waals surface area contributed by atoms with Crippen LogP contribution in [0.2, 0.25) is 0 Å². The van der Waals surface area contributed by atoms with Crippen molar-refractivity contribution in [2.45, 2.75) is 31.2 Å². The van der Waals surface area contributed by atoms with Crippen molar-refractivity contribution in [1.29, 1.82) is 0 Å². The Bertz CT molecular complexity index is 950. The van der Waals surface area contributed by atoms with Crippen LogP contribution in [0.15, 0.2) is 45.7 Å². The Labute approximate surface area is 177 Å². The first-order chi connectivity index (χ1) is 14.4. The maximum absolute atomic E-state index is 12.8. The SMILES string of the molecule is CCc1oc(C(=O)OC)cc1S(=O)(=O)NC[C@H](C)N1CCN(c2ccccc2)CC1. The fraction of sp³-hybridized carbons (Fsp3) is 0.476. The number of piperazine rings is 1. The summed E-state index contributed by atoms with van der Waals surface area (Å²) in [5, 5.41) is 0. The van der Waals surface area contributed by atoms with Crippen LogP contribution in [0, 0.1) is 0 Å². The highest BCUT2D eigenvalue weighted by molar-refractivity contribution is 7.89. The van der Waals surface area contributed by atoms with Gasteiger partial charge in [-0.2, -0.15) is 0 Å². The van der Waals surface area contributed by atoms with Crippen LogP contribution in [-0.2, 0) is 21.2 Å². The molecule has 1 saturated heterocycles. The molecule has 0 bridgehead atoms. The second-order valence-corrected chi connectivity index (χ2v) is 9.04. The minimum Gasteiger partial charge on any atom is -0.463 e. The molecular formula is C21H29N3O5S. The fourth-order valence-corrected chi connectivity index (χ4v) is 4.95. The molecule has 1 aromatic carbocycles. The van der Waals surface area contributed by atoms with Crippen molar-refractivity contribution in [2.24, 2.45) is 0 Å². The standard InChI is InChI=1S/C21H29N3O5S/c1-4-18-20(14-19(29-18)21(25)28-3)30(26,27)22-15-16(2)23-10-12-24(13-11-23)17-8-6-5-7-9-17/h5-9,14,16,22H,4,10-13,15H2,1-3H3/t16-/m0/s1. The summed E-state index contributed by atoms with van der Waals surface area (Å²) in [6, 6.07) is 11.5. The number of hydrogen-bond acceptors (Lipinski definition) is 7. The maximum atomic E-state index is 12.8. The van der Waals surface area contributed by atoms with E-state index in [4.69, 9.17) is 4.42 Å². The molecule has 0 spiro atoms. The topological polar surface area (TPSA) is 92.1 Å². The Morgan fingerprint density at radius 3 is 2.47 bits per heavy atom. The van der Waals surface area contributed by atoms with E-state index in [0.717, 1.165) is 26.2 Å². The Morgan fingerprint density at radius 1 is 1.20 bits per heavy atom. The van der Waals surface area contributed by atoms with Gasteiger partial charge in [0.05, 0.1) is 7.11 Å². The Morgan fingerprint density at radius 2 is 1.87 bits per heavy atom. The van der Waals surface area contributed by atoms with Crippen LogP contribution in [0.4, 0.5) is 5.69 Å². The summed E-state index contributed by atoms with van der Waals surface area (Å²) in [6.07, 6.45) is 0.351. The van der Waals surface area contributed by atoms with Crippen LogP contribution in [0.5, 0.6) is 0 Å². The van der Waals surface area contributed by atoms with Crippen molar-refractivity contribution in [2.75, 3.05) is 44.7 Å². The fourth-order valence-electron chi connectivity index (χ4n) is 3.58. The predicted molar refractivity (Wildman–Crippen MR) is 114 cm³/mol. The van der Waals surface area contributed by atoms with Crippen molar-refractivity contribution in [3.63, 3.8) is 0 Å². The Hall–Kier alpha value is -2.36. The lowest BCUT2D eigenvalue weighted by atomic mass is 10.2. The number of methoxy groups -OCH3 is 1. The van der Waals surface area contributed by atoms with Crippen molar-refractivity contribution >= 4 is 21.7 Å². The van der Waals surface area contributed by atoms with E-state index in [0.29, 0.717) is 6.42 Å². The van der Waals surface area contributed by atoms with E-state index in [2.05, 4.69) is 31.4 Å². The lowest BCUT2D eigenvalue weighted by Crippen LogP contribution is -2.52. The van der Waals surface area contributed by atoms with Gasteiger partial charge in [0.25, 0.3) is 0 Å². The van der Waals surface area contributed by atoms with Crippen LogP contribution in [0.1, 0.15) is 30.2 Å². The number of carbonyl (C=O) groups excluding carboxylic acids is 1. The maximum Gasteiger partial charge on any atom is 0.373 e. The number of nitrogens with zero attached hydrogens (tertiary/aromatic N) is 2. The molecule has 2 heterocycles. The van der Waals surface area contributed by atoms with Gasteiger partial charge in [-0.15, -0.1) is 0 Å². The number of esters is 1. The van der Waals surface area contributed by atoms with E-state index >= 15 is 0 Å². The normalized spacial score (nSPS) is 16.4. The zero-order chi connectivity index (χ0) is 21.7. The van der Waals surface area contributed by atoms with Gasteiger partial charge in [-0.25, -0.2) is 17.9 Å². The highest BCUT2D eigenvalue weighted by Crippen LogP contribution is 2.22. The average Bonchev–Trinajstić information content (AvgIpc) is 3.23. The molecule has 0 aliphatic carbocycles. The van der Waals surface area contributed by atoms with Crippen molar-refractivity contribution in [3.8, 4) is 0 Å². The lowest BCUT2D eigenvalue weighted by molar-refractivity contribution is 0.0563. The minimum atomic E-state index is -3.80. The summed E-state index contributed by atoms with van der Waals surface area (Å²) in [6.45, 7) is 7.56. The van der Waals surface area contributed by atoms with Gasteiger partial charge in [0, 0.05) is 56.9 Å². The first-order valence-electron chi connectivity index (χ1n) is 10.1. The molecule has 30 heavy (non-hydrogen) atoms. The zero-order valence-electron chi connectivity index (χ0n) is 17.6. The molecule has 1 atom stereocenters. The second-order valence-electron chi connectivity index (χ2n) is 7.30. The van der Waals surface area contributed by atoms with E-state index in [1.165, 1.54) is 18.9 Å². The van der Waals surface area contributed by atoms with Gasteiger partial charge in [0.15, 0.2) is 0 Å². The van der Waals surface area contributed by atoms with Crippen LogP contribution in [-0.4, -0.2) is 65.2 Å².